The zero-order valence-electron chi connectivity index (χ0n) is 18.7. The number of nitrogens with one attached hydrogen (secondary N) is 1. The number of likely N-dealkylation sites (tertiary alicyclic amines) is 1. The summed E-state index contributed by atoms with van der Waals surface area (Å²) in [5.74, 6) is -0.190. The Morgan fingerprint density at radius 1 is 0.938 bits per heavy atom. The molecule has 0 unspecified atom stereocenters. The lowest BCUT2D eigenvalue weighted by Gasteiger charge is -2.20. The van der Waals surface area contributed by atoms with Gasteiger partial charge in [-0.1, -0.05) is 79.0 Å². The zero-order valence-corrected chi connectivity index (χ0v) is 19.4. The molecule has 1 saturated heterocycles. The van der Waals surface area contributed by atoms with Gasteiger partial charge < -0.3 is 5.32 Å². The van der Waals surface area contributed by atoms with Gasteiger partial charge in [-0.25, -0.2) is 4.68 Å². The average Bonchev–Trinajstić information content (AvgIpc) is 2.96. The number of hydrogen-bond acceptors (Lipinski definition) is 3. The number of hydrogen-bond donors (Lipinski definition) is 1. The van der Waals surface area contributed by atoms with Crippen LogP contribution in [0.5, 0.6) is 0 Å². The van der Waals surface area contributed by atoms with Crippen molar-refractivity contribution in [3.63, 3.8) is 0 Å². The van der Waals surface area contributed by atoms with Gasteiger partial charge in [0, 0.05) is 13.1 Å². The number of halogens is 1. The number of aromatic nitrogens is 2. The van der Waals surface area contributed by atoms with Crippen LogP contribution in [0.3, 0.4) is 0 Å². The van der Waals surface area contributed by atoms with E-state index in [1.807, 2.05) is 37.3 Å². The average molecular weight is 451 g/mol. The van der Waals surface area contributed by atoms with Crippen molar-refractivity contribution in [1.29, 1.82) is 0 Å². The summed E-state index contributed by atoms with van der Waals surface area (Å²) in [5, 5.41) is 7.89. The number of carbonyl (C=O) groups excluding carboxylic acids is 1. The fraction of sp³-hybridized carbons (Fsp3) is 0.385. The van der Waals surface area contributed by atoms with Crippen LogP contribution in [0, 0.1) is 6.92 Å². The van der Waals surface area contributed by atoms with Crippen molar-refractivity contribution in [1.82, 2.24) is 20.0 Å². The minimum atomic E-state index is -0.190. The molecule has 0 aliphatic carbocycles. The normalized spacial score (nSPS) is 14.8. The minimum Gasteiger partial charge on any atom is -0.348 e. The molecular weight excluding hydrogens is 420 g/mol. The second kappa shape index (κ2) is 10.8. The van der Waals surface area contributed by atoms with Gasteiger partial charge in [0.15, 0.2) is 0 Å². The third-order valence-corrected chi connectivity index (χ3v) is 6.40. The molecular formula is C26H31ClN4O. The maximum absolute atomic E-state index is 12.9. The number of rotatable bonds is 7. The molecule has 32 heavy (non-hydrogen) atoms. The largest absolute Gasteiger partial charge is 0.348 e. The first-order chi connectivity index (χ1) is 15.6. The van der Waals surface area contributed by atoms with Crippen molar-refractivity contribution in [3.8, 4) is 0 Å². The Balaban J connectivity index is 1.38. The molecule has 1 aromatic heterocycles. The summed E-state index contributed by atoms with van der Waals surface area (Å²) in [4.78, 5) is 15.4. The SMILES string of the molecule is Cc1nn(Cc2ccccc2)c(Cl)c1C(=O)NCc1cccc(CN2CCCCCC2)c1. The Morgan fingerprint density at radius 2 is 1.62 bits per heavy atom. The van der Waals surface area contributed by atoms with E-state index in [4.69, 9.17) is 11.6 Å². The van der Waals surface area contributed by atoms with Crippen LogP contribution in [-0.2, 0) is 19.6 Å². The lowest BCUT2D eigenvalue weighted by molar-refractivity contribution is 0.0950. The quantitative estimate of drug-likeness (QED) is 0.538. The van der Waals surface area contributed by atoms with Gasteiger partial charge in [0.25, 0.3) is 5.91 Å². The fourth-order valence-electron chi connectivity index (χ4n) is 4.33. The zero-order chi connectivity index (χ0) is 22.3. The first-order valence-corrected chi connectivity index (χ1v) is 11.8. The topological polar surface area (TPSA) is 50.2 Å². The first kappa shape index (κ1) is 22.6. The number of benzene rings is 2. The van der Waals surface area contributed by atoms with Crippen LogP contribution in [0.15, 0.2) is 54.6 Å². The van der Waals surface area contributed by atoms with Crippen molar-refractivity contribution in [3.05, 3.63) is 87.7 Å². The lowest BCUT2D eigenvalue weighted by atomic mass is 10.1. The fourth-order valence-corrected chi connectivity index (χ4v) is 4.65. The predicted molar refractivity (Wildman–Crippen MR) is 129 cm³/mol. The Kier molecular flexibility index (Phi) is 7.61. The maximum Gasteiger partial charge on any atom is 0.256 e. The Labute approximate surface area is 195 Å². The van der Waals surface area contributed by atoms with Crippen molar-refractivity contribution in [2.45, 2.75) is 52.2 Å². The van der Waals surface area contributed by atoms with Gasteiger partial charge in [-0.2, -0.15) is 5.10 Å². The molecule has 1 N–H and O–H groups in total. The van der Waals surface area contributed by atoms with Crippen LogP contribution >= 0.6 is 11.6 Å². The van der Waals surface area contributed by atoms with E-state index in [1.165, 1.54) is 44.3 Å². The highest BCUT2D eigenvalue weighted by Gasteiger charge is 2.20. The first-order valence-electron chi connectivity index (χ1n) is 11.5. The van der Waals surface area contributed by atoms with Crippen molar-refractivity contribution in [2.24, 2.45) is 0 Å². The summed E-state index contributed by atoms with van der Waals surface area (Å²) < 4.78 is 1.68. The molecule has 5 nitrogen and oxygen atoms in total. The molecule has 0 saturated carbocycles. The molecule has 2 heterocycles. The maximum atomic E-state index is 12.9. The summed E-state index contributed by atoms with van der Waals surface area (Å²) in [6.45, 7) is 6.14. The molecule has 4 rings (SSSR count). The molecule has 168 valence electrons. The number of nitrogens with zero attached hydrogens (tertiary/aromatic N) is 3. The molecule has 1 aliphatic rings. The number of carbonyl (C=O) groups is 1. The highest BCUT2D eigenvalue weighted by atomic mass is 35.5. The molecule has 0 atom stereocenters. The smallest absolute Gasteiger partial charge is 0.256 e. The van der Waals surface area contributed by atoms with E-state index in [9.17, 15) is 4.79 Å². The molecule has 3 aromatic rings. The third kappa shape index (κ3) is 5.78. The van der Waals surface area contributed by atoms with E-state index in [1.54, 1.807) is 4.68 Å². The standard InChI is InChI=1S/C26H31ClN4O/c1-20-24(25(27)31(29-20)19-21-10-5-4-6-11-21)26(32)28-17-22-12-9-13-23(16-22)18-30-14-7-2-3-8-15-30/h4-6,9-13,16H,2-3,7-8,14-15,17-19H2,1H3,(H,28,32). The molecule has 6 heteroatoms. The van der Waals surface area contributed by atoms with Gasteiger partial charge >= 0.3 is 0 Å². The molecule has 0 bridgehead atoms. The van der Waals surface area contributed by atoms with Crippen molar-refractivity contribution < 1.29 is 4.79 Å². The third-order valence-electron chi connectivity index (χ3n) is 6.02. The molecule has 0 radical (unpaired) electrons. The second-order valence-corrected chi connectivity index (χ2v) is 8.95. The monoisotopic (exact) mass is 450 g/mol. The van der Waals surface area contributed by atoms with Crippen molar-refractivity contribution in [2.75, 3.05) is 13.1 Å². The molecule has 0 spiro atoms. The van der Waals surface area contributed by atoms with Crippen LogP contribution < -0.4 is 5.32 Å². The summed E-state index contributed by atoms with van der Waals surface area (Å²) in [6.07, 6.45) is 5.25. The van der Waals surface area contributed by atoms with Crippen molar-refractivity contribution >= 4 is 17.5 Å². The van der Waals surface area contributed by atoms with Crippen LogP contribution in [-0.4, -0.2) is 33.7 Å². The number of amides is 1. The predicted octanol–water partition coefficient (Wildman–Crippen LogP) is 5.20. The highest BCUT2D eigenvalue weighted by Crippen LogP contribution is 2.21. The lowest BCUT2D eigenvalue weighted by Crippen LogP contribution is -2.25. The van der Waals surface area contributed by atoms with Gasteiger partial charge in [-0.3, -0.25) is 9.69 Å². The molecule has 1 fully saturated rings. The summed E-state index contributed by atoms with van der Waals surface area (Å²) in [5.41, 5.74) is 4.56. The van der Waals surface area contributed by atoms with E-state index in [2.05, 4.69) is 39.6 Å². The Hall–Kier alpha value is -2.63. The minimum absolute atomic E-state index is 0.190. The van der Waals surface area contributed by atoms with Gasteiger partial charge in [0.2, 0.25) is 0 Å². The van der Waals surface area contributed by atoms with Crippen LogP contribution in [0.1, 0.15) is 58.4 Å². The van der Waals surface area contributed by atoms with Gasteiger partial charge in [0.1, 0.15) is 5.15 Å². The Morgan fingerprint density at radius 3 is 2.38 bits per heavy atom. The van der Waals surface area contributed by atoms with E-state index in [0.29, 0.717) is 29.5 Å². The van der Waals surface area contributed by atoms with Gasteiger partial charge in [0.05, 0.1) is 17.8 Å². The van der Waals surface area contributed by atoms with Crippen LogP contribution in [0.2, 0.25) is 5.15 Å². The van der Waals surface area contributed by atoms with Crippen LogP contribution in [0.25, 0.3) is 0 Å². The van der Waals surface area contributed by atoms with E-state index < -0.39 is 0 Å². The summed E-state index contributed by atoms with van der Waals surface area (Å²) in [6, 6.07) is 18.5. The summed E-state index contributed by atoms with van der Waals surface area (Å²) in [7, 11) is 0. The van der Waals surface area contributed by atoms with E-state index >= 15 is 0 Å². The van der Waals surface area contributed by atoms with Gasteiger partial charge in [-0.05, 0) is 49.5 Å². The van der Waals surface area contributed by atoms with Gasteiger partial charge in [-0.15, -0.1) is 0 Å². The Bertz CT molecular complexity index is 1040. The molecule has 1 aliphatic heterocycles. The van der Waals surface area contributed by atoms with E-state index in [-0.39, 0.29) is 5.91 Å². The van der Waals surface area contributed by atoms with Crippen LogP contribution in [0.4, 0.5) is 0 Å². The number of aryl methyl sites for hydroxylation is 1. The molecule has 1 amide bonds. The molecule has 2 aromatic carbocycles. The second-order valence-electron chi connectivity index (χ2n) is 8.59. The summed E-state index contributed by atoms with van der Waals surface area (Å²) >= 11 is 6.54. The highest BCUT2D eigenvalue weighted by molar-refractivity contribution is 6.33. The van der Waals surface area contributed by atoms with E-state index in [0.717, 1.165) is 17.7 Å².